The number of ether oxygens (including phenoxy) is 1. The number of hydrogen-bond donors (Lipinski definition) is 2. The largest absolute Gasteiger partial charge is 0.494 e. The normalized spacial score (nSPS) is 13.9. The van der Waals surface area contributed by atoms with Crippen LogP contribution in [0.25, 0.3) is 22.3 Å². The van der Waals surface area contributed by atoms with E-state index >= 15 is 0 Å². The Morgan fingerprint density at radius 2 is 1.94 bits per heavy atom. The molecule has 0 aromatic carbocycles. The van der Waals surface area contributed by atoms with E-state index in [0.29, 0.717) is 28.7 Å². The molecule has 162 valence electrons. The highest BCUT2D eigenvalue weighted by atomic mass is 19.1. The lowest BCUT2D eigenvalue weighted by atomic mass is 10.2. The molecule has 0 saturated carbocycles. The lowest BCUT2D eigenvalue weighted by molar-refractivity contribution is 0.418. The molecule has 5 heterocycles. The van der Waals surface area contributed by atoms with Gasteiger partial charge in [-0.15, -0.1) is 0 Å². The van der Waals surface area contributed by atoms with Gasteiger partial charge in [-0.1, -0.05) is 6.07 Å². The molecule has 0 aliphatic carbocycles. The molecule has 1 saturated heterocycles. The van der Waals surface area contributed by atoms with Gasteiger partial charge in [0.1, 0.15) is 23.2 Å². The first-order valence-electron chi connectivity index (χ1n) is 10.2. The molecule has 10 heteroatoms. The first-order valence-corrected chi connectivity index (χ1v) is 10.2. The lowest BCUT2D eigenvalue weighted by Crippen LogP contribution is -2.44. The van der Waals surface area contributed by atoms with Crippen LogP contribution in [-0.4, -0.2) is 58.2 Å². The SMILES string of the molecule is COc1cncc2nc(-c3ccnc(Nc4cccc(F)n4)c3)nc(N3CCNCC3)c12. The molecule has 4 aromatic rings. The number of nitrogens with one attached hydrogen (secondary N) is 2. The van der Waals surface area contributed by atoms with Crippen molar-refractivity contribution < 1.29 is 9.13 Å². The lowest BCUT2D eigenvalue weighted by Gasteiger charge is -2.29. The quantitative estimate of drug-likeness (QED) is 0.461. The van der Waals surface area contributed by atoms with Gasteiger partial charge >= 0.3 is 0 Å². The number of pyridine rings is 3. The molecule has 0 radical (unpaired) electrons. The van der Waals surface area contributed by atoms with E-state index in [1.54, 1.807) is 37.8 Å². The summed E-state index contributed by atoms with van der Waals surface area (Å²) >= 11 is 0. The van der Waals surface area contributed by atoms with E-state index in [-0.39, 0.29) is 0 Å². The summed E-state index contributed by atoms with van der Waals surface area (Å²) in [4.78, 5) is 24.3. The Kier molecular flexibility index (Phi) is 5.42. The molecular weight excluding hydrogens is 411 g/mol. The number of halogens is 1. The van der Waals surface area contributed by atoms with Gasteiger partial charge in [0.15, 0.2) is 5.82 Å². The third kappa shape index (κ3) is 4.00. The van der Waals surface area contributed by atoms with Gasteiger partial charge in [-0.3, -0.25) is 4.98 Å². The van der Waals surface area contributed by atoms with Gasteiger partial charge in [-0.05, 0) is 24.3 Å². The van der Waals surface area contributed by atoms with E-state index in [2.05, 4.69) is 30.5 Å². The Morgan fingerprint density at radius 1 is 1.06 bits per heavy atom. The van der Waals surface area contributed by atoms with Crippen molar-refractivity contribution in [1.82, 2.24) is 30.2 Å². The maximum Gasteiger partial charge on any atom is 0.214 e. The zero-order chi connectivity index (χ0) is 21.9. The Balaban J connectivity index is 1.58. The fourth-order valence-corrected chi connectivity index (χ4v) is 3.67. The zero-order valence-corrected chi connectivity index (χ0v) is 17.4. The second-order valence-electron chi connectivity index (χ2n) is 7.24. The average molecular weight is 432 g/mol. The number of methoxy groups -OCH3 is 1. The molecule has 1 aliphatic heterocycles. The average Bonchev–Trinajstić information content (AvgIpc) is 2.83. The van der Waals surface area contributed by atoms with Crippen molar-refractivity contribution in [1.29, 1.82) is 0 Å². The van der Waals surface area contributed by atoms with Crippen LogP contribution >= 0.6 is 0 Å². The standard InChI is InChI=1S/C22H21FN8O/c1-32-16-13-25-12-15-20(16)22(31-9-7-24-8-10-31)30-21(27-15)14-5-6-26-19(11-14)29-18-4-2-3-17(23)28-18/h2-6,11-13,24H,7-10H2,1H3,(H,26,28,29). The number of hydrogen-bond acceptors (Lipinski definition) is 9. The van der Waals surface area contributed by atoms with E-state index < -0.39 is 5.95 Å². The molecule has 4 aromatic heterocycles. The molecule has 32 heavy (non-hydrogen) atoms. The Labute approximate surface area is 183 Å². The fraction of sp³-hybridized carbons (Fsp3) is 0.227. The van der Waals surface area contributed by atoms with Crippen LogP contribution in [0.15, 0.2) is 48.9 Å². The Bertz CT molecular complexity index is 1260. The van der Waals surface area contributed by atoms with E-state index in [1.807, 2.05) is 12.1 Å². The highest BCUT2D eigenvalue weighted by Crippen LogP contribution is 2.34. The number of piperazine rings is 1. The summed E-state index contributed by atoms with van der Waals surface area (Å²) in [6, 6.07) is 8.19. The van der Waals surface area contributed by atoms with Crippen LogP contribution in [0.3, 0.4) is 0 Å². The van der Waals surface area contributed by atoms with Crippen molar-refractivity contribution in [2.75, 3.05) is 43.5 Å². The van der Waals surface area contributed by atoms with Crippen molar-refractivity contribution in [2.45, 2.75) is 0 Å². The van der Waals surface area contributed by atoms with Crippen LogP contribution < -0.4 is 20.3 Å². The maximum absolute atomic E-state index is 13.4. The number of rotatable bonds is 5. The van der Waals surface area contributed by atoms with Gasteiger partial charge in [-0.25, -0.2) is 19.9 Å². The molecule has 0 unspecified atom stereocenters. The Hall–Kier alpha value is -3.92. The summed E-state index contributed by atoms with van der Waals surface area (Å²) in [5, 5.41) is 7.22. The summed E-state index contributed by atoms with van der Waals surface area (Å²) in [7, 11) is 1.62. The number of nitrogens with zero attached hydrogens (tertiary/aromatic N) is 6. The molecule has 9 nitrogen and oxygen atoms in total. The van der Waals surface area contributed by atoms with Crippen molar-refractivity contribution >= 4 is 28.4 Å². The topological polar surface area (TPSA) is 101 Å². The highest BCUT2D eigenvalue weighted by molar-refractivity contribution is 5.95. The van der Waals surface area contributed by atoms with Gasteiger partial charge in [-0.2, -0.15) is 4.39 Å². The van der Waals surface area contributed by atoms with Gasteiger partial charge < -0.3 is 20.3 Å². The zero-order valence-electron chi connectivity index (χ0n) is 17.4. The van der Waals surface area contributed by atoms with Gasteiger partial charge in [0.2, 0.25) is 5.95 Å². The van der Waals surface area contributed by atoms with Gasteiger partial charge in [0.05, 0.1) is 30.4 Å². The molecular formula is C22H21FN8O. The summed E-state index contributed by atoms with van der Waals surface area (Å²) in [5.74, 6) is 2.30. The molecule has 2 N–H and O–H groups in total. The van der Waals surface area contributed by atoms with Crippen molar-refractivity contribution in [3.63, 3.8) is 0 Å². The summed E-state index contributed by atoms with van der Waals surface area (Å²) in [6.07, 6.45) is 5.04. The van der Waals surface area contributed by atoms with Crippen molar-refractivity contribution in [3.05, 3.63) is 54.9 Å². The monoisotopic (exact) mass is 432 g/mol. The van der Waals surface area contributed by atoms with E-state index in [9.17, 15) is 4.39 Å². The summed E-state index contributed by atoms with van der Waals surface area (Å²) < 4.78 is 19.0. The first kappa shape index (κ1) is 20.0. The van der Waals surface area contributed by atoms with Crippen LogP contribution in [0.1, 0.15) is 0 Å². The molecule has 1 fully saturated rings. The van der Waals surface area contributed by atoms with Crippen molar-refractivity contribution in [2.24, 2.45) is 0 Å². The number of anilines is 3. The summed E-state index contributed by atoms with van der Waals surface area (Å²) in [6.45, 7) is 3.40. The number of aromatic nitrogens is 5. The minimum Gasteiger partial charge on any atom is -0.494 e. The predicted octanol–water partition coefficient (Wildman–Crippen LogP) is 2.78. The van der Waals surface area contributed by atoms with Crippen LogP contribution in [0, 0.1) is 5.95 Å². The minimum atomic E-state index is -0.564. The smallest absolute Gasteiger partial charge is 0.214 e. The molecule has 5 rings (SSSR count). The van der Waals surface area contributed by atoms with Gasteiger partial charge in [0, 0.05) is 37.9 Å². The highest BCUT2D eigenvalue weighted by Gasteiger charge is 2.20. The van der Waals surface area contributed by atoms with Crippen LogP contribution in [0.2, 0.25) is 0 Å². The fourth-order valence-electron chi connectivity index (χ4n) is 3.67. The second-order valence-corrected chi connectivity index (χ2v) is 7.24. The van der Waals surface area contributed by atoms with Crippen LogP contribution in [-0.2, 0) is 0 Å². The predicted molar refractivity (Wildman–Crippen MR) is 120 cm³/mol. The molecule has 0 atom stereocenters. The molecule has 0 amide bonds. The molecule has 1 aliphatic rings. The maximum atomic E-state index is 13.4. The summed E-state index contributed by atoms with van der Waals surface area (Å²) in [5.41, 5.74) is 1.46. The van der Waals surface area contributed by atoms with E-state index in [4.69, 9.17) is 14.7 Å². The molecule has 0 bridgehead atoms. The van der Waals surface area contributed by atoms with Gasteiger partial charge in [0.25, 0.3) is 0 Å². The number of fused-ring (bicyclic) bond motifs is 1. The van der Waals surface area contributed by atoms with Crippen LogP contribution in [0.5, 0.6) is 5.75 Å². The Morgan fingerprint density at radius 3 is 2.75 bits per heavy atom. The van der Waals surface area contributed by atoms with Crippen molar-refractivity contribution in [3.8, 4) is 17.1 Å². The minimum absolute atomic E-state index is 0.365. The first-order chi connectivity index (χ1) is 15.7. The molecule has 0 spiro atoms. The van der Waals surface area contributed by atoms with E-state index in [0.717, 1.165) is 42.9 Å². The van der Waals surface area contributed by atoms with Crippen LogP contribution in [0.4, 0.5) is 21.8 Å². The third-order valence-corrected chi connectivity index (χ3v) is 5.18. The second kappa shape index (κ2) is 8.67. The third-order valence-electron chi connectivity index (χ3n) is 5.18. The van der Waals surface area contributed by atoms with E-state index in [1.165, 1.54) is 6.07 Å².